The summed E-state index contributed by atoms with van der Waals surface area (Å²) in [6, 6.07) is 0. The van der Waals surface area contributed by atoms with Crippen molar-refractivity contribution in [2.75, 3.05) is 6.54 Å². The third kappa shape index (κ3) is 4.37. The summed E-state index contributed by atoms with van der Waals surface area (Å²) >= 11 is 0. The van der Waals surface area contributed by atoms with Crippen molar-refractivity contribution < 1.29 is 4.79 Å². The Morgan fingerprint density at radius 1 is 1.64 bits per heavy atom. The van der Waals surface area contributed by atoms with Crippen molar-refractivity contribution in [1.82, 2.24) is 5.32 Å². The molecular formula is C9H15NO. The molecule has 62 valence electrons. The lowest BCUT2D eigenvalue weighted by Gasteiger charge is -2.01. The van der Waals surface area contributed by atoms with Gasteiger partial charge in [0.2, 0.25) is 0 Å². The molecule has 0 saturated heterocycles. The smallest absolute Gasteiger partial charge is 0.250 e. The first-order valence-corrected chi connectivity index (χ1v) is 3.82. The highest BCUT2D eigenvalue weighted by Crippen LogP contribution is 1.91. The molecule has 0 aliphatic heterocycles. The average Bonchev–Trinajstić information content (AvgIpc) is 2.00. The molecule has 0 aromatic heterocycles. The van der Waals surface area contributed by atoms with Crippen molar-refractivity contribution in [2.24, 2.45) is 0 Å². The second-order valence-corrected chi connectivity index (χ2v) is 2.28. The molecule has 0 spiro atoms. The number of hydrogen-bond donors (Lipinski definition) is 1. The van der Waals surface area contributed by atoms with E-state index in [1.54, 1.807) is 12.2 Å². The molecule has 0 bridgehead atoms. The Labute approximate surface area is 68.0 Å². The van der Waals surface area contributed by atoms with Gasteiger partial charge in [-0.05, 0) is 13.3 Å². The summed E-state index contributed by atoms with van der Waals surface area (Å²) < 4.78 is 0. The van der Waals surface area contributed by atoms with Gasteiger partial charge in [-0.1, -0.05) is 25.7 Å². The van der Waals surface area contributed by atoms with E-state index in [-0.39, 0.29) is 5.91 Å². The molecule has 0 aliphatic carbocycles. The maximum atomic E-state index is 11.0. The fraction of sp³-hybridized carbons (Fsp3) is 0.444. The molecule has 0 atom stereocenters. The molecule has 0 radical (unpaired) electrons. The fourth-order valence-corrected chi connectivity index (χ4v) is 0.629. The van der Waals surface area contributed by atoms with E-state index in [1.807, 2.05) is 13.8 Å². The molecule has 0 aliphatic rings. The molecule has 0 heterocycles. The average molecular weight is 153 g/mol. The number of carbonyl (C=O) groups excluding carboxylic acids is 1. The normalized spacial score (nSPS) is 10.0. The lowest BCUT2D eigenvalue weighted by Crippen LogP contribution is -2.24. The monoisotopic (exact) mass is 153 g/mol. The summed E-state index contributed by atoms with van der Waals surface area (Å²) in [6.45, 7) is 8.19. The Morgan fingerprint density at radius 2 is 2.27 bits per heavy atom. The standard InChI is InChI=1S/C9H15NO/c1-4-6-8(3)9(11)10-7-5-2/h4,6H,3,5,7H2,1-2H3,(H,10,11). The predicted molar refractivity (Wildman–Crippen MR) is 47.3 cm³/mol. The molecule has 0 saturated carbocycles. The van der Waals surface area contributed by atoms with Crippen LogP contribution in [-0.2, 0) is 4.79 Å². The number of amides is 1. The quantitative estimate of drug-likeness (QED) is 0.483. The Bertz CT molecular complexity index is 170. The van der Waals surface area contributed by atoms with Crippen LogP contribution in [0.4, 0.5) is 0 Å². The van der Waals surface area contributed by atoms with Crippen molar-refractivity contribution >= 4 is 5.91 Å². The van der Waals surface area contributed by atoms with Crippen LogP contribution in [0.25, 0.3) is 0 Å². The predicted octanol–water partition coefficient (Wildman–Crippen LogP) is 1.64. The number of carbonyl (C=O) groups is 1. The molecule has 2 nitrogen and oxygen atoms in total. The Balaban J connectivity index is 3.74. The molecule has 11 heavy (non-hydrogen) atoms. The number of rotatable bonds is 4. The van der Waals surface area contributed by atoms with Gasteiger partial charge in [0, 0.05) is 12.1 Å². The van der Waals surface area contributed by atoms with E-state index in [9.17, 15) is 4.79 Å². The highest BCUT2D eigenvalue weighted by Gasteiger charge is 1.99. The molecule has 0 aromatic carbocycles. The Morgan fingerprint density at radius 3 is 2.73 bits per heavy atom. The Hall–Kier alpha value is -1.05. The van der Waals surface area contributed by atoms with E-state index in [2.05, 4.69) is 11.9 Å². The van der Waals surface area contributed by atoms with Crippen molar-refractivity contribution in [3.8, 4) is 0 Å². The molecule has 0 aromatic rings. The van der Waals surface area contributed by atoms with Gasteiger partial charge >= 0.3 is 0 Å². The second kappa shape index (κ2) is 5.71. The fourth-order valence-electron chi connectivity index (χ4n) is 0.629. The summed E-state index contributed by atoms with van der Waals surface area (Å²) in [6.07, 6.45) is 4.45. The minimum absolute atomic E-state index is 0.0787. The van der Waals surface area contributed by atoms with E-state index in [0.29, 0.717) is 5.57 Å². The van der Waals surface area contributed by atoms with Crippen molar-refractivity contribution in [3.63, 3.8) is 0 Å². The third-order valence-corrected chi connectivity index (χ3v) is 1.20. The molecule has 1 amide bonds. The van der Waals surface area contributed by atoms with Gasteiger partial charge in [0.1, 0.15) is 0 Å². The van der Waals surface area contributed by atoms with Crippen LogP contribution in [0.15, 0.2) is 24.3 Å². The first kappa shape index (κ1) is 9.95. The summed E-state index contributed by atoms with van der Waals surface area (Å²) in [5.41, 5.74) is 0.515. The summed E-state index contributed by atoms with van der Waals surface area (Å²) in [5, 5.41) is 2.73. The van der Waals surface area contributed by atoms with Crippen LogP contribution in [0.2, 0.25) is 0 Å². The van der Waals surface area contributed by atoms with Gasteiger partial charge in [-0.25, -0.2) is 0 Å². The molecule has 0 fully saturated rings. The first-order chi connectivity index (χ1) is 5.22. The maximum Gasteiger partial charge on any atom is 0.250 e. The van der Waals surface area contributed by atoms with E-state index in [4.69, 9.17) is 0 Å². The first-order valence-electron chi connectivity index (χ1n) is 3.82. The van der Waals surface area contributed by atoms with E-state index in [1.165, 1.54) is 0 Å². The van der Waals surface area contributed by atoms with Crippen LogP contribution in [0.3, 0.4) is 0 Å². The lowest BCUT2D eigenvalue weighted by atomic mass is 10.2. The van der Waals surface area contributed by atoms with Crippen LogP contribution in [0.1, 0.15) is 20.3 Å². The van der Waals surface area contributed by atoms with Crippen LogP contribution in [-0.4, -0.2) is 12.5 Å². The second-order valence-electron chi connectivity index (χ2n) is 2.28. The van der Waals surface area contributed by atoms with Gasteiger partial charge in [0.05, 0.1) is 0 Å². The molecule has 1 N–H and O–H groups in total. The van der Waals surface area contributed by atoms with Crippen LogP contribution in [0, 0.1) is 0 Å². The van der Waals surface area contributed by atoms with Crippen molar-refractivity contribution in [1.29, 1.82) is 0 Å². The van der Waals surface area contributed by atoms with Gasteiger partial charge in [0.15, 0.2) is 0 Å². The largest absolute Gasteiger partial charge is 0.352 e. The summed E-state index contributed by atoms with van der Waals surface area (Å²) in [7, 11) is 0. The summed E-state index contributed by atoms with van der Waals surface area (Å²) in [5.74, 6) is -0.0787. The van der Waals surface area contributed by atoms with Crippen LogP contribution in [0.5, 0.6) is 0 Å². The number of hydrogen-bond acceptors (Lipinski definition) is 1. The zero-order valence-corrected chi connectivity index (χ0v) is 7.18. The molecule has 0 unspecified atom stereocenters. The van der Waals surface area contributed by atoms with Crippen LogP contribution < -0.4 is 5.32 Å². The highest BCUT2D eigenvalue weighted by molar-refractivity contribution is 5.95. The minimum Gasteiger partial charge on any atom is -0.352 e. The van der Waals surface area contributed by atoms with E-state index >= 15 is 0 Å². The van der Waals surface area contributed by atoms with Gasteiger partial charge in [0.25, 0.3) is 5.91 Å². The Kier molecular flexibility index (Phi) is 5.17. The zero-order chi connectivity index (χ0) is 8.69. The minimum atomic E-state index is -0.0787. The van der Waals surface area contributed by atoms with Gasteiger partial charge in [-0.2, -0.15) is 0 Å². The van der Waals surface area contributed by atoms with E-state index in [0.717, 1.165) is 13.0 Å². The third-order valence-electron chi connectivity index (χ3n) is 1.20. The van der Waals surface area contributed by atoms with Crippen molar-refractivity contribution in [2.45, 2.75) is 20.3 Å². The van der Waals surface area contributed by atoms with Gasteiger partial charge in [-0.3, -0.25) is 4.79 Å². The van der Waals surface area contributed by atoms with Crippen molar-refractivity contribution in [3.05, 3.63) is 24.3 Å². The lowest BCUT2D eigenvalue weighted by molar-refractivity contribution is -0.117. The maximum absolute atomic E-state index is 11.0. The van der Waals surface area contributed by atoms with Crippen LogP contribution >= 0.6 is 0 Å². The molecular weight excluding hydrogens is 138 g/mol. The highest BCUT2D eigenvalue weighted by atomic mass is 16.1. The summed E-state index contributed by atoms with van der Waals surface area (Å²) in [4.78, 5) is 11.0. The van der Waals surface area contributed by atoms with Gasteiger partial charge < -0.3 is 5.32 Å². The number of nitrogens with one attached hydrogen (secondary N) is 1. The topological polar surface area (TPSA) is 29.1 Å². The van der Waals surface area contributed by atoms with Gasteiger partial charge in [-0.15, -0.1) is 0 Å². The number of allylic oxidation sites excluding steroid dienone is 1. The SMILES string of the molecule is C=C(C=CC)C(=O)NCCC. The van der Waals surface area contributed by atoms with E-state index < -0.39 is 0 Å². The zero-order valence-electron chi connectivity index (χ0n) is 7.18. The molecule has 0 rings (SSSR count). The molecule has 2 heteroatoms.